The molecule has 2 atom stereocenters. The van der Waals surface area contributed by atoms with Gasteiger partial charge in [-0.15, -0.1) is 0 Å². The smallest absolute Gasteiger partial charge is 0.268 e. The van der Waals surface area contributed by atoms with Gasteiger partial charge in [0.2, 0.25) is 0 Å². The molecule has 2 unspecified atom stereocenters. The molecule has 0 fully saturated rings. The SMILES string of the molecule is COS(=O)COS(=O)(=O)CCCCCS(=O)(=O)OCS(C)=O. The van der Waals surface area contributed by atoms with Gasteiger partial charge in [0.25, 0.3) is 20.2 Å². The van der Waals surface area contributed by atoms with Crippen molar-refractivity contribution in [2.24, 2.45) is 0 Å². The lowest BCUT2D eigenvalue weighted by atomic mass is 10.3. The molecule has 22 heavy (non-hydrogen) atoms. The molecule has 0 aliphatic carbocycles. The lowest BCUT2D eigenvalue weighted by molar-refractivity contribution is 0.350. The van der Waals surface area contributed by atoms with Crippen LogP contribution in [0.4, 0.5) is 0 Å². The normalized spacial score (nSPS) is 15.5. The molecular weight excluding hydrogens is 380 g/mol. The molecule has 0 aromatic rings. The lowest BCUT2D eigenvalue weighted by Crippen LogP contribution is -2.15. The number of rotatable bonds is 13. The van der Waals surface area contributed by atoms with Gasteiger partial charge in [0.05, 0.1) is 18.6 Å². The molecule has 0 N–H and O–H groups in total. The van der Waals surface area contributed by atoms with Crippen molar-refractivity contribution in [2.75, 3.05) is 36.7 Å². The number of hydrogen-bond donors (Lipinski definition) is 0. The predicted molar refractivity (Wildman–Crippen MR) is 82.5 cm³/mol. The Morgan fingerprint density at radius 1 is 0.818 bits per heavy atom. The second-order valence-electron chi connectivity index (χ2n) is 4.10. The summed E-state index contributed by atoms with van der Waals surface area (Å²) in [6.45, 7) is 0. The van der Waals surface area contributed by atoms with Crippen molar-refractivity contribution in [1.82, 2.24) is 0 Å². The van der Waals surface area contributed by atoms with Crippen LogP contribution in [0.15, 0.2) is 0 Å². The van der Waals surface area contributed by atoms with Crippen molar-refractivity contribution < 1.29 is 37.8 Å². The Morgan fingerprint density at radius 2 is 1.27 bits per heavy atom. The van der Waals surface area contributed by atoms with Gasteiger partial charge in [-0.25, -0.2) is 4.21 Å². The Morgan fingerprint density at radius 3 is 1.68 bits per heavy atom. The molecule has 0 rings (SSSR count). The Bertz CT molecular complexity index is 566. The molecular formula is C9H20O9S4. The van der Waals surface area contributed by atoms with E-state index in [1.165, 1.54) is 6.26 Å². The summed E-state index contributed by atoms with van der Waals surface area (Å²) < 4.78 is 80.4. The highest BCUT2D eigenvalue weighted by atomic mass is 32.2. The molecule has 0 saturated carbocycles. The minimum atomic E-state index is -3.82. The summed E-state index contributed by atoms with van der Waals surface area (Å²) in [5.74, 6) is -1.55. The third-order valence-electron chi connectivity index (χ3n) is 2.19. The van der Waals surface area contributed by atoms with Gasteiger partial charge in [0, 0.05) is 17.1 Å². The lowest BCUT2D eigenvalue weighted by Gasteiger charge is -2.05. The van der Waals surface area contributed by atoms with E-state index in [0.717, 1.165) is 7.11 Å². The first-order valence-corrected chi connectivity index (χ1v) is 12.2. The molecule has 0 aliphatic heterocycles. The van der Waals surface area contributed by atoms with E-state index in [9.17, 15) is 25.3 Å². The zero-order valence-electron chi connectivity index (χ0n) is 12.3. The largest absolute Gasteiger partial charge is 0.292 e. The Balaban J connectivity index is 3.93. The standard InChI is InChI=1S/C9H20O9S4/c1-16-20(11)9-18-22(14,15)7-5-3-4-6-21(12,13)17-8-19(2)10/h3-9H2,1-2H3. The van der Waals surface area contributed by atoms with Gasteiger partial charge in [-0.05, 0) is 12.8 Å². The van der Waals surface area contributed by atoms with Gasteiger partial charge >= 0.3 is 0 Å². The Kier molecular flexibility index (Phi) is 10.8. The van der Waals surface area contributed by atoms with Crippen molar-refractivity contribution in [2.45, 2.75) is 19.3 Å². The van der Waals surface area contributed by atoms with Crippen LogP contribution in [0.5, 0.6) is 0 Å². The molecule has 0 radical (unpaired) electrons. The van der Waals surface area contributed by atoms with Crippen LogP contribution in [-0.4, -0.2) is 62.0 Å². The average molecular weight is 401 g/mol. The van der Waals surface area contributed by atoms with Crippen LogP contribution < -0.4 is 0 Å². The summed E-state index contributed by atoms with van der Waals surface area (Å²) >= 11 is -1.82. The Labute approximate surface area is 136 Å². The summed E-state index contributed by atoms with van der Waals surface area (Å²) in [6, 6.07) is 0. The van der Waals surface area contributed by atoms with Crippen molar-refractivity contribution in [3.8, 4) is 0 Å². The highest BCUT2D eigenvalue weighted by Crippen LogP contribution is 2.06. The van der Waals surface area contributed by atoms with E-state index in [1.807, 2.05) is 0 Å². The average Bonchev–Trinajstić information content (AvgIpc) is 2.42. The van der Waals surface area contributed by atoms with Crippen molar-refractivity contribution in [3.63, 3.8) is 0 Å². The molecule has 9 nitrogen and oxygen atoms in total. The van der Waals surface area contributed by atoms with Crippen LogP contribution >= 0.6 is 0 Å². The summed E-state index contributed by atoms with van der Waals surface area (Å²) in [7, 11) is -7.78. The van der Waals surface area contributed by atoms with Crippen LogP contribution in [0.1, 0.15) is 19.3 Å². The summed E-state index contributed by atoms with van der Waals surface area (Å²) in [6.07, 6.45) is 2.04. The zero-order chi connectivity index (χ0) is 17.2. The second-order valence-corrected chi connectivity index (χ2v) is 10.2. The molecule has 0 heterocycles. The van der Waals surface area contributed by atoms with Crippen molar-refractivity contribution in [1.29, 1.82) is 0 Å². The fraction of sp³-hybridized carbons (Fsp3) is 1.00. The molecule has 0 amide bonds. The van der Waals surface area contributed by atoms with Gasteiger partial charge in [-0.1, -0.05) is 6.42 Å². The maximum absolute atomic E-state index is 11.4. The minimum absolute atomic E-state index is 0.192. The van der Waals surface area contributed by atoms with E-state index >= 15 is 0 Å². The first kappa shape index (κ1) is 22.1. The predicted octanol–water partition coefficient (Wildman–Crippen LogP) is -0.547. The van der Waals surface area contributed by atoms with Gasteiger partial charge < -0.3 is 0 Å². The quantitative estimate of drug-likeness (QED) is 0.295. The third kappa shape index (κ3) is 12.6. The van der Waals surface area contributed by atoms with Crippen molar-refractivity contribution in [3.05, 3.63) is 0 Å². The molecule has 0 spiro atoms. The fourth-order valence-corrected chi connectivity index (χ4v) is 4.63. The maximum atomic E-state index is 11.4. The number of unbranched alkanes of at least 4 members (excludes halogenated alkanes) is 2. The van der Waals surface area contributed by atoms with Crippen LogP contribution in [0.2, 0.25) is 0 Å². The van der Waals surface area contributed by atoms with Gasteiger partial charge in [-0.3, -0.25) is 16.8 Å². The number of hydrogen-bond acceptors (Lipinski definition) is 9. The van der Waals surface area contributed by atoms with Crippen LogP contribution in [0, 0.1) is 0 Å². The molecule has 134 valence electrons. The van der Waals surface area contributed by atoms with Crippen LogP contribution in [0.25, 0.3) is 0 Å². The minimum Gasteiger partial charge on any atom is -0.292 e. The van der Waals surface area contributed by atoms with E-state index in [2.05, 4.69) is 12.5 Å². The first-order valence-electron chi connectivity index (χ1n) is 6.05. The molecule has 0 aromatic heterocycles. The fourth-order valence-electron chi connectivity index (χ4n) is 1.15. The molecule has 0 saturated heterocycles. The second kappa shape index (κ2) is 10.8. The summed E-state index contributed by atoms with van der Waals surface area (Å²) in [5.41, 5.74) is 0. The summed E-state index contributed by atoms with van der Waals surface area (Å²) in [4.78, 5) is 0. The third-order valence-corrected chi connectivity index (χ3v) is 6.15. The molecule has 0 aliphatic rings. The van der Waals surface area contributed by atoms with Gasteiger partial charge in [-0.2, -0.15) is 16.8 Å². The molecule has 0 aromatic carbocycles. The van der Waals surface area contributed by atoms with Gasteiger partial charge in [0.1, 0.15) is 5.94 Å². The van der Waals surface area contributed by atoms with E-state index < -0.39 is 48.1 Å². The van der Waals surface area contributed by atoms with Crippen LogP contribution in [-0.2, 0) is 54.7 Å². The highest BCUT2D eigenvalue weighted by molar-refractivity contribution is 7.88. The summed E-state index contributed by atoms with van der Waals surface area (Å²) in [5, 5.41) is 0. The van der Waals surface area contributed by atoms with E-state index in [1.54, 1.807) is 0 Å². The van der Waals surface area contributed by atoms with Gasteiger partial charge in [0.15, 0.2) is 17.0 Å². The van der Waals surface area contributed by atoms with Crippen LogP contribution in [0.3, 0.4) is 0 Å². The monoisotopic (exact) mass is 400 g/mol. The zero-order valence-corrected chi connectivity index (χ0v) is 15.5. The van der Waals surface area contributed by atoms with E-state index in [4.69, 9.17) is 0 Å². The first-order chi connectivity index (χ1) is 10.1. The topological polar surface area (TPSA) is 130 Å². The Hall–Kier alpha value is 0.0800. The maximum Gasteiger partial charge on any atom is 0.268 e. The highest BCUT2D eigenvalue weighted by Gasteiger charge is 2.15. The molecule has 0 bridgehead atoms. The molecule has 13 heteroatoms. The van der Waals surface area contributed by atoms with E-state index in [0.29, 0.717) is 6.42 Å². The van der Waals surface area contributed by atoms with Crippen molar-refractivity contribution >= 4 is 42.1 Å². The van der Waals surface area contributed by atoms with E-state index in [-0.39, 0.29) is 30.3 Å².